The van der Waals surface area contributed by atoms with Crippen molar-refractivity contribution in [2.75, 3.05) is 26.8 Å². The molecule has 0 saturated heterocycles. The van der Waals surface area contributed by atoms with E-state index in [0.717, 1.165) is 0 Å². The lowest BCUT2D eigenvalue weighted by molar-refractivity contribution is -0.879. The highest BCUT2D eigenvalue weighted by Crippen LogP contribution is 2.07. The lowest BCUT2D eigenvalue weighted by atomic mass is 10.1. The van der Waals surface area contributed by atoms with Gasteiger partial charge in [-0.2, -0.15) is 0 Å². The van der Waals surface area contributed by atoms with Gasteiger partial charge in [-0.25, -0.2) is 0 Å². The maximum absolute atomic E-state index is 2.36. The molecule has 0 aliphatic heterocycles. The second-order valence-corrected chi connectivity index (χ2v) is 5.38. The van der Waals surface area contributed by atoms with Gasteiger partial charge in [-0.3, -0.25) is 0 Å². The molecule has 0 amide bonds. The molecule has 1 nitrogen and oxygen atoms in total. The number of rotatable bonds is 8. The SMILES string of the molecule is CCCCCCCC[N+](C)(C)C[SiH3]. The Hall–Kier alpha value is 0.177. The summed E-state index contributed by atoms with van der Waals surface area (Å²) in [5.74, 6) is 0. The Morgan fingerprint density at radius 3 is 2.00 bits per heavy atom. The third-order valence-electron chi connectivity index (χ3n) is 2.97. The number of nitrogens with zero attached hydrogens (tertiary/aromatic N) is 1. The van der Waals surface area contributed by atoms with Crippen molar-refractivity contribution < 1.29 is 4.48 Å². The fourth-order valence-electron chi connectivity index (χ4n) is 1.48. The van der Waals surface area contributed by atoms with Crippen LogP contribution in [-0.2, 0) is 0 Å². The summed E-state index contributed by atoms with van der Waals surface area (Å²) in [7, 11) is 6.06. The van der Waals surface area contributed by atoms with Crippen LogP contribution in [0.4, 0.5) is 0 Å². The number of hydrogen-bond acceptors (Lipinski definition) is 0. The van der Waals surface area contributed by atoms with Crippen molar-refractivity contribution in [2.45, 2.75) is 45.4 Å². The minimum atomic E-state index is 1.25. The second kappa shape index (κ2) is 7.57. The molecule has 80 valence electrons. The van der Waals surface area contributed by atoms with Crippen LogP contribution in [0.2, 0.25) is 0 Å². The standard InChI is InChI=1S/C11H28NSi/c1-4-5-6-7-8-9-10-12(2,3)11-13/h4-11H2,1-3,13H3/q+1. The number of hydrogen-bond donors (Lipinski definition) is 0. The van der Waals surface area contributed by atoms with Crippen LogP contribution >= 0.6 is 0 Å². The summed E-state index contributed by atoms with van der Waals surface area (Å²) in [6.07, 6.45) is 9.97. The van der Waals surface area contributed by atoms with Crippen LogP contribution in [0.3, 0.4) is 0 Å². The Balaban J connectivity index is 3.16. The van der Waals surface area contributed by atoms with Crippen LogP contribution in [-0.4, -0.2) is 41.5 Å². The first-order valence-corrected chi connectivity index (χ1v) is 7.36. The molecule has 2 heteroatoms. The second-order valence-electron chi connectivity index (χ2n) is 4.74. The van der Waals surface area contributed by atoms with Gasteiger partial charge in [0.1, 0.15) is 0 Å². The van der Waals surface area contributed by atoms with E-state index in [-0.39, 0.29) is 0 Å². The molecule has 0 unspecified atom stereocenters. The van der Waals surface area contributed by atoms with Crippen LogP contribution in [0.1, 0.15) is 45.4 Å². The van der Waals surface area contributed by atoms with Gasteiger partial charge in [-0.1, -0.05) is 32.6 Å². The Morgan fingerprint density at radius 1 is 0.923 bits per heavy atom. The zero-order valence-electron chi connectivity index (χ0n) is 10.1. The Kier molecular flexibility index (Phi) is 7.67. The van der Waals surface area contributed by atoms with Crippen molar-refractivity contribution in [3.63, 3.8) is 0 Å². The van der Waals surface area contributed by atoms with Crippen LogP contribution < -0.4 is 0 Å². The molecule has 0 aliphatic rings. The molecular weight excluding hydrogens is 174 g/mol. The summed E-state index contributed by atoms with van der Waals surface area (Å²) in [4.78, 5) is 0. The first-order chi connectivity index (χ1) is 6.12. The maximum atomic E-state index is 2.36. The summed E-state index contributed by atoms with van der Waals surface area (Å²) in [5.41, 5.74) is 0. The predicted molar refractivity (Wildman–Crippen MR) is 65.2 cm³/mol. The first kappa shape index (κ1) is 13.2. The van der Waals surface area contributed by atoms with Crippen molar-refractivity contribution >= 4 is 10.2 Å². The van der Waals surface area contributed by atoms with Gasteiger partial charge in [0.25, 0.3) is 0 Å². The van der Waals surface area contributed by atoms with Gasteiger partial charge in [-0.05, 0) is 12.8 Å². The van der Waals surface area contributed by atoms with Gasteiger partial charge in [0, 0.05) is 0 Å². The molecule has 0 atom stereocenters. The number of quaternary nitrogens is 1. The van der Waals surface area contributed by atoms with E-state index in [4.69, 9.17) is 0 Å². The highest BCUT2D eigenvalue weighted by Gasteiger charge is 2.09. The summed E-state index contributed by atoms with van der Waals surface area (Å²) in [6.45, 7) is 3.66. The molecule has 0 heterocycles. The van der Waals surface area contributed by atoms with Crippen LogP contribution in [0.5, 0.6) is 0 Å². The molecule has 0 fully saturated rings. The van der Waals surface area contributed by atoms with Crippen molar-refractivity contribution in [1.29, 1.82) is 0 Å². The fourth-order valence-corrected chi connectivity index (χ4v) is 1.79. The van der Waals surface area contributed by atoms with E-state index in [1.54, 1.807) is 0 Å². The molecule has 0 rings (SSSR count). The minimum absolute atomic E-state index is 1.25. The Labute approximate surface area is 87.5 Å². The van der Waals surface area contributed by atoms with Crippen LogP contribution in [0.25, 0.3) is 0 Å². The quantitative estimate of drug-likeness (QED) is 0.320. The van der Waals surface area contributed by atoms with Crippen molar-refractivity contribution in [3.8, 4) is 0 Å². The molecule has 0 aliphatic carbocycles. The average Bonchev–Trinajstić information content (AvgIpc) is 2.11. The molecule has 0 spiro atoms. The minimum Gasteiger partial charge on any atom is -0.333 e. The van der Waals surface area contributed by atoms with E-state index in [0.29, 0.717) is 0 Å². The summed E-state index contributed by atoms with van der Waals surface area (Å²) in [6, 6.07) is 0. The lowest BCUT2D eigenvalue weighted by Gasteiger charge is -2.28. The Morgan fingerprint density at radius 2 is 1.46 bits per heavy atom. The zero-order chi connectivity index (χ0) is 10.2. The van der Waals surface area contributed by atoms with Crippen molar-refractivity contribution in [1.82, 2.24) is 0 Å². The molecule has 0 aromatic carbocycles. The smallest absolute Gasteiger partial charge is 0.0779 e. The zero-order valence-corrected chi connectivity index (χ0v) is 12.1. The van der Waals surface area contributed by atoms with Crippen molar-refractivity contribution in [2.24, 2.45) is 0 Å². The molecule has 0 radical (unpaired) electrons. The molecule has 0 bridgehead atoms. The van der Waals surface area contributed by atoms with Gasteiger partial charge < -0.3 is 4.48 Å². The van der Waals surface area contributed by atoms with E-state index < -0.39 is 0 Å². The van der Waals surface area contributed by atoms with Gasteiger partial charge in [0.2, 0.25) is 0 Å². The summed E-state index contributed by atoms with van der Waals surface area (Å²) >= 11 is 0. The van der Waals surface area contributed by atoms with Gasteiger partial charge in [-0.15, -0.1) is 0 Å². The van der Waals surface area contributed by atoms with E-state index in [9.17, 15) is 0 Å². The maximum Gasteiger partial charge on any atom is 0.0779 e. The van der Waals surface area contributed by atoms with Crippen LogP contribution in [0.15, 0.2) is 0 Å². The topological polar surface area (TPSA) is 0 Å². The average molecular weight is 202 g/mol. The third kappa shape index (κ3) is 8.51. The Bertz CT molecular complexity index is 113. The first-order valence-electron chi connectivity index (χ1n) is 5.94. The highest BCUT2D eigenvalue weighted by atomic mass is 28.1. The van der Waals surface area contributed by atoms with E-state index in [1.807, 2.05) is 0 Å². The molecule has 0 saturated carbocycles. The van der Waals surface area contributed by atoms with Gasteiger partial charge in [0.15, 0.2) is 0 Å². The summed E-state index contributed by atoms with van der Waals surface area (Å²) in [5, 5.41) is 0. The third-order valence-corrected chi connectivity index (χ3v) is 4.69. The van der Waals surface area contributed by atoms with Crippen LogP contribution in [0, 0.1) is 0 Å². The van der Waals surface area contributed by atoms with Gasteiger partial charge >= 0.3 is 0 Å². The van der Waals surface area contributed by atoms with E-state index >= 15 is 0 Å². The molecule has 0 aromatic heterocycles. The van der Waals surface area contributed by atoms with Gasteiger partial charge in [0.05, 0.1) is 37.1 Å². The highest BCUT2D eigenvalue weighted by molar-refractivity contribution is 6.08. The molecular formula is C11H28NSi+. The normalized spacial score (nSPS) is 12.2. The molecule has 0 aromatic rings. The fraction of sp³-hybridized carbons (Fsp3) is 1.00. The molecule has 0 N–H and O–H groups in total. The predicted octanol–water partition coefficient (Wildman–Crippen LogP) is 1.75. The number of unbranched alkanes of at least 4 members (excludes halogenated alkanes) is 5. The van der Waals surface area contributed by atoms with Crippen molar-refractivity contribution in [3.05, 3.63) is 0 Å². The summed E-state index contributed by atoms with van der Waals surface area (Å²) < 4.78 is 1.25. The van der Waals surface area contributed by atoms with E-state index in [2.05, 4.69) is 21.0 Å². The monoisotopic (exact) mass is 202 g/mol. The largest absolute Gasteiger partial charge is 0.333 e. The van der Waals surface area contributed by atoms with E-state index in [1.165, 1.54) is 66.0 Å². The molecule has 13 heavy (non-hydrogen) atoms. The lowest BCUT2D eigenvalue weighted by Crippen LogP contribution is -2.41.